The SMILES string of the molecule is CCC(C(=O)O)S(=O)Cc1ccc(C)c(C)c1. The molecule has 0 aliphatic carbocycles. The molecule has 0 fully saturated rings. The normalized spacial score (nSPS) is 14.3. The van der Waals surface area contributed by atoms with E-state index in [4.69, 9.17) is 5.11 Å². The second-order valence-electron chi connectivity index (χ2n) is 4.18. The van der Waals surface area contributed by atoms with E-state index in [0.717, 1.165) is 11.1 Å². The van der Waals surface area contributed by atoms with Crippen molar-refractivity contribution in [3.63, 3.8) is 0 Å². The minimum atomic E-state index is -1.35. The monoisotopic (exact) mass is 254 g/mol. The molecular formula is C13H18O3S. The summed E-state index contributed by atoms with van der Waals surface area (Å²) in [6.45, 7) is 5.76. The number of aryl methyl sites for hydroxylation is 2. The van der Waals surface area contributed by atoms with Gasteiger partial charge in [-0.2, -0.15) is 0 Å². The maximum absolute atomic E-state index is 11.9. The minimum Gasteiger partial charge on any atom is -0.480 e. The largest absolute Gasteiger partial charge is 0.480 e. The van der Waals surface area contributed by atoms with E-state index in [9.17, 15) is 9.00 Å². The number of carboxylic acids is 1. The molecule has 0 bridgehead atoms. The van der Waals surface area contributed by atoms with Crippen molar-refractivity contribution < 1.29 is 14.1 Å². The summed E-state index contributed by atoms with van der Waals surface area (Å²) in [5, 5.41) is 8.16. The predicted octanol–water partition coefficient (Wildman–Crippen LogP) is 2.42. The molecule has 0 radical (unpaired) electrons. The van der Waals surface area contributed by atoms with Crippen LogP contribution in [0.3, 0.4) is 0 Å². The lowest BCUT2D eigenvalue weighted by atomic mass is 10.1. The van der Waals surface area contributed by atoms with Gasteiger partial charge in [-0.05, 0) is 37.0 Å². The highest BCUT2D eigenvalue weighted by molar-refractivity contribution is 7.85. The zero-order valence-electron chi connectivity index (χ0n) is 10.4. The van der Waals surface area contributed by atoms with Crippen LogP contribution in [0.1, 0.15) is 30.0 Å². The van der Waals surface area contributed by atoms with Crippen molar-refractivity contribution in [1.82, 2.24) is 0 Å². The lowest BCUT2D eigenvalue weighted by molar-refractivity contribution is -0.136. The van der Waals surface area contributed by atoms with Gasteiger partial charge in [0.25, 0.3) is 0 Å². The predicted molar refractivity (Wildman–Crippen MR) is 69.5 cm³/mol. The van der Waals surface area contributed by atoms with Crippen LogP contribution in [0.15, 0.2) is 18.2 Å². The van der Waals surface area contributed by atoms with Crippen LogP contribution in [-0.4, -0.2) is 20.5 Å². The van der Waals surface area contributed by atoms with Gasteiger partial charge >= 0.3 is 5.97 Å². The standard InChI is InChI=1S/C13H18O3S/c1-4-12(13(14)15)17(16)8-11-6-5-9(2)10(3)7-11/h5-7,12H,4,8H2,1-3H3,(H,14,15). The number of hydrogen-bond donors (Lipinski definition) is 1. The molecular weight excluding hydrogens is 236 g/mol. The zero-order valence-corrected chi connectivity index (χ0v) is 11.2. The van der Waals surface area contributed by atoms with Crippen LogP contribution in [0.2, 0.25) is 0 Å². The van der Waals surface area contributed by atoms with Crippen LogP contribution in [0.5, 0.6) is 0 Å². The quantitative estimate of drug-likeness (QED) is 0.878. The molecule has 0 saturated carbocycles. The Morgan fingerprint density at radius 2 is 2.00 bits per heavy atom. The molecule has 0 amide bonds. The highest BCUT2D eigenvalue weighted by Crippen LogP contribution is 2.14. The Morgan fingerprint density at radius 1 is 1.35 bits per heavy atom. The van der Waals surface area contributed by atoms with E-state index in [0.29, 0.717) is 12.2 Å². The molecule has 94 valence electrons. The Bertz CT molecular complexity index is 440. The molecule has 1 rings (SSSR count). The Balaban J connectivity index is 2.80. The van der Waals surface area contributed by atoms with Gasteiger partial charge in [0, 0.05) is 16.6 Å². The summed E-state index contributed by atoms with van der Waals surface area (Å²) in [7, 11) is -1.35. The summed E-state index contributed by atoms with van der Waals surface area (Å²) >= 11 is 0. The van der Waals surface area contributed by atoms with Crippen molar-refractivity contribution in [2.45, 2.75) is 38.2 Å². The molecule has 17 heavy (non-hydrogen) atoms. The molecule has 1 aromatic carbocycles. The number of aliphatic carboxylic acids is 1. The van der Waals surface area contributed by atoms with Gasteiger partial charge < -0.3 is 5.11 Å². The number of rotatable bonds is 5. The van der Waals surface area contributed by atoms with Gasteiger partial charge in [-0.25, -0.2) is 0 Å². The highest BCUT2D eigenvalue weighted by atomic mass is 32.2. The molecule has 0 aliphatic rings. The Kier molecular flexibility index (Phi) is 4.87. The minimum absolute atomic E-state index is 0.311. The van der Waals surface area contributed by atoms with E-state index in [1.807, 2.05) is 32.0 Å². The van der Waals surface area contributed by atoms with Gasteiger partial charge in [-0.15, -0.1) is 0 Å². The van der Waals surface area contributed by atoms with Gasteiger partial charge in [0.1, 0.15) is 5.25 Å². The molecule has 0 spiro atoms. The number of hydrogen-bond acceptors (Lipinski definition) is 2. The van der Waals surface area contributed by atoms with E-state index in [1.165, 1.54) is 5.56 Å². The maximum Gasteiger partial charge on any atom is 0.319 e. The molecule has 1 N–H and O–H groups in total. The van der Waals surface area contributed by atoms with Crippen LogP contribution in [0.4, 0.5) is 0 Å². The number of carboxylic acid groups (broad SMARTS) is 1. The van der Waals surface area contributed by atoms with E-state index < -0.39 is 22.0 Å². The van der Waals surface area contributed by atoms with Crippen LogP contribution in [0, 0.1) is 13.8 Å². The molecule has 1 aromatic rings. The lowest BCUT2D eigenvalue weighted by Gasteiger charge is -2.10. The van der Waals surface area contributed by atoms with E-state index >= 15 is 0 Å². The van der Waals surface area contributed by atoms with E-state index in [2.05, 4.69) is 0 Å². The molecule has 0 aliphatic heterocycles. The second kappa shape index (κ2) is 5.96. The molecule has 2 unspecified atom stereocenters. The number of carbonyl (C=O) groups is 1. The molecule has 3 nitrogen and oxygen atoms in total. The van der Waals surface area contributed by atoms with Crippen LogP contribution >= 0.6 is 0 Å². The lowest BCUT2D eigenvalue weighted by Crippen LogP contribution is -2.25. The highest BCUT2D eigenvalue weighted by Gasteiger charge is 2.22. The van der Waals surface area contributed by atoms with Gasteiger partial charge in [0.15, 0.2) is 0 Å². The van der Waals surface area contributed by atoms with Gasteiger partial charge in [-0.3, -0.25) is 9.00 Å². The van der Waals surface area contributed by atoms with E-state index in [1.54, 1.807) is 6.92 Å². The Morgan fingerprint density at radius 3 is 2.47 bits per heavy atom. The average Bonchev–Trinajstić information content (AvgIpc) is 2.24. The molecule has 0 saturated heterocycles. The first-order chi connectivity index (χ1) is 7.95. The zero-order chi connectivity index (χ0) is 13.0. The maximum atomic E-state index is 11.9. The van der Waals surface area contributed by atoms with Crippen LogP contribution < -0.4 is 0 Å². The summed E-state index contributed by atoms with van der Waals surface area (Å²) in [6.07, 6.45) is 0.396. The summed E-state index contributed by atoms with van der Waals surface area (Å²) in [5.74, 6) is -0.666. The average molecular weight is 254 g/mol. The van der Waals surface area contributed by atoms with Gasteiger partial charge in [0.05, 0.1) is 0 Å². The summed E-state index contributed by atoms with van der Waals surface area (Å²) in [6, 6.07) is 5.86. The van der Waals surface area contributed by atoms with Crippen molar-refractivity contribution in [2.75, 3.05) is 0 Å². The first-order valence-electron chi connectivity index (χ1n) is 5.61. The fraction of sp³-hybridized carbons (Fsp3) is 0.462. The summed E-state index contributed by atoms with van der Waals surface area (Å²) < 4.78 is 11.9. The molecule has 4 heteroatoms. The van der Waals surface area contributed by atoms with Crippen molar-refractivity contribution in [2.24, 2.45) is 0 Å². The summed E-state index contributed by atoms with van der Waals surface area (Å²) in [5.41, 5.74) is 3.26. The topological polar surface area (TPSA) is 54.4 Å². The molecule has 0 aromatic heterocycles. The summed E-state index contributed by atoms with van der Waals surface area (Å²) in [4.78, 5) is 10.9. The van der Waals surface area contributed by atoms with Gasteiger partial charge in [-0.1, -0.05) is 25.1 Å². The first kappa shape index (κ1) is 13.9. The van der Waals surface area contributed by atoms with Gasteiger partial charge in [0.2, 0.25) is 0 Å². The Labute approximate surface area is 104 Å². The third-order valence-electron chi connectivity index (χ3n) is 2.84. The number of benzene rings is 1. The van der Waals surface area contributed by atoms with Crippen molar-refractivity contribution in [3.05, 3.63) is 34.9 Å². The second-order valence-corrected chi connectivity index (χ2v) is 5.80. The van der Waals surface area contributed by atoms with Crippen molar-refractivity contribution in [1.29, 1.82) is 0 Å². The third-order valence-corrected chi connectivity index (χ3v) is 4.63. The van der Waals surface area contributed by atoms with Crippen molar-refractivity contribution >= 4 is 16.8 Å². The fourth-order valence-electron chi connectivity index (χ4n) is 1.63. The van der Waals surface area contributed by atoms with Crippen LogP contribution in [-0.2, 0) is 21.3 Å². The first-order valence-corrected chi connectivity index (χ1v) is 7.00. The van der Waals surface area contributed by atoms with Crippen LogP contribution in [0.25, 0.3) is 0 Å². The van der Waals surface area contributed by atoms with Crippen molar-refractivity contribution in [3.8, 4) is 0 Å². The van der Waals surface area contributed by atoms with E-state index in [-0.39, 0.29) is 0 Å². The molecule has 0 heterocycles. The Hall–Kier alpha value is -1.16. The smallest absolute Gasteiger partial charge is 0.319 e. The molecule has 2 atom stereocenters. The third kappa shape index (κ3) is 3.66. The fourth-order valence-corrected chi connectivity index (χ4v) is 2.94.